The highest BCUT2D eigenvalue weighted by Gasteiger charge is 2.11. The van der Waals surface area contributed by atoms with Crippen LogP contribution in [0.2, 0.25) is 0 Å². The zero-order chi connectivity index (χ0) is 13.8. The third-order valence-electron chi connectivity index (χ3n) is 2.81. The molecule has 0 amide bonds. The van der Waals surface area contributed by atoms with Crippen molar-refractivity contribution < 1.29 is 5.21 Å². The fourth-order valence-electron chi connectivity index (χ4n) is 1.84. The van der Waals surface area contributed by atoms with Gasteiger partial charge in [-0.3, -0.25) is 0 Å². The first-order valence-electron chi connectivity index (χ1n) is 5.94. The molecule has 0 unspecified atom stereocenters. The molecule has 3 N–H and O–H groups in total. The normalized spacial score (nSPS) is 11.6. The maximum atomic E-state index is 8.87. The van der Waals surface area contributed by atoms with Crippen LogP contribution in [0.25, 0.3) is 0 Å². The first kappa shape index (κ1) is 13.5. The van der Waals surface area contributed by atoms with Gasteiger partial charge in [0.2, 0.25) is 0 Å². The van der Waals surface area contributed by atoms with Crippen LogP contribution in [0.4, 0.5) is 0 Å². The highest BCUT2D eigenvalue weighted by Crippen LogP contribution is 2.33. The molecule has 2 rings (SSSR count). The smallest absolute Gasteiger partial charge is 0.171 e. The molecule has 0 saturated heterocycles. The molecule has 98 valence electrons. The van der Waals surface area contributed by atoms with Crippen molar-refractivity contribution in [2.24, 2.45) is 10.9 Å². The van der Waals surface area contributed by atoms with E-state index in [4.69, 9.17) is 10.9 Å². The standard InChI is InChI=1S/C15H16N2OS/c1-10-5-3-7-12(9-10)19-14-11(2)6-4-8-13(14)15(16)17-18/h3-9,18H,1-2H3,(H2,16,17). The summed E-state index contributed by atoms with van der Waals surface area (Å²) in [5, 5.41) is 12.0. The third kappa shape index (κ3) is 3.09. The van der Waals surface area contributed by atoms with E-state index in [9.17, 15) is 0 Å². The van der Waals surface area contributed by atoms with Crippen LogP contribution in [-0.2, 0) is 0 Å². The Morgan fingerprint density at radius 1 is 1.16 bits per heavy atom. The molecule has 0 heterocycles. The molecule has 19 heavy (non-hydrogen) atoms. The van der Waals surface area contributed by atoms with Gasteiger partial charge in [0.05, 0.1) is 0 Å². The summed E-state index contributed by atoms with van der Waals surface area (Å²) in [6.07, 6.45) is 0. The Bertz CT molecular complexity index is 623. The third-order valence-corrected chi connectivity index (χ3v) is 4.04. The van der Waals surface area contributed by atoms with Crippen LogP contribution in [0, 0.1) is 13.8 Å². The lowest BCUT2D eigenvalue weighted by molar-refractivity contribution is 0.318. The molecule has 2 aromatic rings. The van der Waals surface area contributed by atoms with Gasteiger partial charge in [-0.05, 0) is 37.6 Å². The summed E-state index contributed by atoms with van der Waals surface area (Å²) in [6, 6.07) is 14.0. The number of nitrogens with two attached hydrogens (primary N) is 1. The summed E-state index contributed by atoms with van der Waals surface area (Å²) in [6.45, 7) is 4.08. The first-order valence-corrected chi connectivity index (χ1v) is 6.75. The molecule has 0 bridgehead atoms. The SMILES string of the molecule is Cc1cccc(Sc2c(C)cccc2/C(N)=N/O)c1. The van der Waals surface area contributed by atoms with E-state index >= 15 is 0 Å². The Morgan fingerprint density at radius 3 is 2.58 bits per heavy atom. The summed E-state index contributed by atoms with van der Waals surface area (Å²) in [4.78, 5) is 2.16. The van der Waals surface area contributed by atoms with E-state index in [1.54, 1.807) is 11.8 Å². The van der Waals surface area contributed by atoms with Gasteiger partial charge in [-0.25, -0.2) is 0 Å². The number of hydrogen-bond acceptors (Lipinski definition) is 3. The van der Waals surface area contributed by atoms with Crippen LogP contribution in [0.5, 0.6) is 0 Å². The van der Waals surface area contributed by atoms with Crippen molar-refractivity contribution in [2.75, 3.05) is 0 Å². The Balaban J connectivity index is 2.44. The molecule has 0 aliphatic rings. The molecule has 0 aliphatic heterocycles. The van der Waals surface area contributed by atoms with Crippen molar-refractivity contribution in [3.63, 3.8) is 0 Å². The zero-order valence-corrected chi connectivity index (χ0v) is 11.7. The second-order valence-electron chi connectivity index (χ2n) is 4.36. The van der Waals surface area contributed by atoms with Crippen molar-refractivity contribution in [3.05, 3.63) is 59.2 Å². The largest absolute Gasteiger partial charge is 0.409 e. The predicted octanol–water partition coefficient (Wildman–Crippen LogP) is 3.55. The van der Waals surface area contributed by atoms with Crippen molar-refractivity contribution >= 4 is 17.6 Å². The number of nitrogens with zero attached hydrogens (tertiary/aromatic N) is 1. The second-order valence-corrected chi connectivity index (χ2v) is 5.44. The number of amidine groups is 1. The highest BCUT2D eigenvalue weighted by molar-refractivity contribution is 7.99. The fourth-order valence-corrected chi connectivity index (χ4v) is 2.98. The van der Waals surface area contributed by atoms with E-state index in [1.807, 2.05) is 31.2 Å². The van der Waals surface area contributed by atoms with Gasteiger partial charge in [-0.2, -0.15) is 0 Å². The van der Waals surface area contributed by atoms with E-state index in [-0.39, 0.29) is 5.84 Å². The van der Waals surface area contributed by atoms with E-state index < -0.39 is 0 Å². The number of rotatable bonds is 3. The molecule has 3 nitrogen and oxygen atoms in total. The number of benzene rings is 2. The van der Waals surface area contributed by atoms with E-state index in [0.717, 1.165) is 20.9 Å². The number of aryl methyl sites for hydroxylation is 2. The minimum atomic E-state index is 0.138. The van der Waals surface area contributed by atoms with Gasteiger partial charge in [0, 0.05) is 15.4 Å². The van der Waals surface area contributed by atoms with Crippen molar-refractivity contribution in [1.82, 2.24) is 0 Å². The van der Waals surface area contributed by atoms with Gasteiger partial charge < -0.3 is 10.9 Å². The number of hydrogen-bond donors (Lipinski definition) is 2. The van der Waals surface area contributed by atoms with Gasteiger partial charge in [-0.1, -0.05) is 46.7 Å². The molecule has 0 atom stereocenters. The van der Waals surface area contributed by atoms with Crippen LogP contribution < -0.4 is 5.73 Å². The van der Waals surface area contributed by atoms with Gasteiger partial charge in [0.25, 0.3) is 0 Å². The molecule has 0 fully saturated rings. The lowest BCUT2D eigenvalue weighted by Gasteiger charge is -2.11. The molecule has 0 saturated carbocycles. The Hall–Kier alpha value is -1.94. The summed E-state index contributed by atoms with van der Waals surface area (Å²) in [5.41, 5.74) is 8.81. The summed E-state index contributed by atoms with van der Waals surface area (Å²) in [7, 11) is 0. The predicted molar refractivity (Wildman–Crippen MR) is 79.0 cm³/mol. The minimum absolute atomic E-state index is 0.138. The summed E-state index contributed by atoms with van der Waals surface area (Å²) >= 11 is 1.63. The maximum Gasteiger partial charge on any atom is 0.171 e. The van der Waals surface area contributed by atoms with E-state index in [1.165, 1.54) is 5.56 Å². The van der Waals surface area contributed by atoms with E-state index in [0.29, 0.717) is 0 Å². The lowest BCUT2D eigenvalue weighted by Crippen LogP contribution is -2.14. The molecule has 4 heteroatoms. The summed E-state index contributed by atoms with van der Waals surface area (Å²) in [5.74, 6) is 0.138. The van der Waals surface area contributed by atoms with Crippen LogP contribution in [0.15, 0.2) is 57.4 Å². The molecule has 0 spiro atoms. The van der Waals surface area contributed by atoms with Crippen molar-refractivity contribution in [2.45, 2.75) is 23.6 Å². The molecular weight excluding hydrogens is 256 g/mol. The first-order chi connectivity index (χ1) is 9.11. The lowest BCUT2D eigenvalue weighted by atomic mass is 10.1. The zero-order valence-electron chi connectivity index (χ0n) is 10.9. The number of oxime groups is 1. The highest BCUT2D eigenvalue weighted by atomic mass is 32.2. The average Bonchev–Trinajstić information content (AvgIpc) is 2.40. The Morgan fingerprint density at radius 2 is 1.89 bits per heavy atom. The van der Waals surface area contributed by atoms with Crippen molar-refractivity contribution in [1.29, 1.82) is 0 Å². The maximum absolute atomic E-state index is 8.87. The van der Waals surface area contributed by atoms with E-state index in [2.05, 4.69) is 30.3 Å². The monoisotopic (exact) mass is 272 g/mol. The summed E-state index contributed by atoms with van der Waals surface area (Å²) < 4.78 is 0. The molecule has 2 aromatic carbocycles. The van der Waals surface area contributed by atoms with Crippen LogP contribution >= 0.6 is 11.8 Å². The van der Waals surface area contributed by atoms with Gasteiger partial charge in [0.1, 0.15) is 0 Å². The minimum Gasteiger partial charge on any atom is -0.409 e. The van der Waals surface area contributed by atoms with Crippen LogP contribution in [-0.4, -0.2) is 11.0 Å². The molecule has 0 aliphatic carbocycles. The topological polar surface area (TPSA) is 58.6 Å². The average molecular weight is 272 g/mol. The quantitative estimate of drug-likeness (QED) is 0.389. The Labute approximate surface area is 117 Å². The fraction of sp³-hybridized carbons (Fsp3) is 0.133. The molecular formula is C15H16N2OS. The van der Waals surface area contributed by atoms with Crippen LogP contribution in [0.1, 0.15) is 16.7 Å². The van der Waals surface area contributed by atoms with Gasteiger partial charge in [0.15, 0.2) is 5.84 Å². The van der Waals surface area contributed by atoms with Gasteiger partial charge in [-0.15, -0.1) is 0 Å². The van der Waals surface area contributed by atoms with Crippen molar-refractivity contribution in [3.8, 4) is 0 Å². The van der Waals surface area contributed by atoms with Crippen LogP contribution in [0.3, 0.4) is 0 Å². The van der Waals surface area contributed by atoms with Gasteiger partial charge >= 0.3 is 0 Å². The second kappa shape index (κ2) is 5.80. The Kier molecular flexibility index (Phi) is 4.12. The molecule has 0 aromatic heterocycles. The molecule has 0 radical (unpaired) electrons.